The number of hydrogen-bond acceptors (Lipinski definition) is 4. The maximum absolute atomic E-state index is 13.4. The Morgan fingerprint density at radius 2 is 2.12 bits per heavy atom. The summed E-state index contributed by atoms with van der Waals surface area (Å²) in [5.74, 6) is -0.697. The molecule has 2 aromatic heterocycles. The summed E-state index contributed by atoms with van der Waals surface area (Å²) in [5, 5.41) is 4.26. The van der Waals surface area contributed by atoms with Crippen molar-refractivity contribution < 1.29 is 13.9 Å². The van der Waals surface area contributed by atoms with E-state index in [4.69, 9.17) is 4.74 Å². The van der Waals surface area contributed by atoms with Gasteiger partial charge in [-0.1, -0.05) is 12.1 Å². The van der Waals surface area contributed by atoms with Crippen LogP contribution in [-0.2, 0) is 11.2 Å². The minimum atomic E-state index is -0.434. The SMILES string of the molecule is CCOC(=O)c1cnn2c(C)c(Cc3cccc(F)c3)c(C)nc12. The molecule has 0 fully saturated rings. The number of ether oxygens (including phenoxy) is 1. The van der Waals surface area contributed by atoms with Gasteiger partial charge in [0.25, 0.3) is 0 Å². The Bertz CT molecular complexity index is 918. The van der Waals surface area contributed by atoms with Gasteiger partial charge in [-0.3, -0.25) is 0 Å². The first-order chi connectivity index (χ1) is 11.5. The number of benzene rings is 1. The monoisotopic (exact) mass is 327 g/mol. The van der Waals surface area contributed by atoms with E-state index in [1.807, 2.05) is 19.9 Å². The van der Waals surface area contributed by atoms with Gasteiger partial charge in [0.15, 0.2) is 5.65 Å². The summed E-state index contributed by atoms with van der Waals surface area (Å²) in [6, 6.07) is 6.49. The van der Waals surface area contributed by atoms with Crippen LogP contribution >= 0.6 is 0 Å². The molecular weight excluding hydrogens is 309 g/mol. The molecule has 0 unspecified atom stereocenters. The Hall–Kier alpha value is -2.76. The summed E-state index contributed by atoms with van der Waals surface area (Å²) in [5.41, 5.74) is 4.31. The Labute approximate surface area is 139 Å². The first kappa shape index (κ1) is 16.1. The lowest BCUT2D eigenvalue weighted by Gasteiger charge is -2.11. The van der Waals surface area contributed by atoms with E-state index in [1.54, 1.807) is 17.5 Å². The fraction of sp³-hybridized carbons (Fsp3) is 0.278. The molecule has 124 valence electrons. The van der Waals surface area contributed by atoms with E-state index in [-0.39, 0.29) is 5.82 Å². The van der Waals surface area contributed by atoms with Gasteiger partial charge in [0.1, 0.15) is 11.4 Å². The number of hydrogen-bond donors (Lipinski definition) is 0. The third kappa shape index (κ3) is 2.87. The second-order valence-electron chi connectivity index (χ2n) is 5.58. The lowest BCUT2D eigenvalue weighted by atomic mass is 10.0. The van der Waals surface area contributed by atoms with Crippen molar-refractivity contribution in [3.8, 4) is 0 Å². The zero-order valence-corrected chi connectivity index (χ0v) is 13.8. The smallest absolute Gasteiger partial charge is 0.343 e. The standard InChI is InChI=1S/C18H18FN3O2/c1-4-24-18(23)16-10-20-22-12(3)15(11(2)21-17(16)22)9-13-6-5-7-14(19)8-13/h5-8,10H,4,9H2,1-3H3. The Morgan fingerprint density at radius 1 is 1.33 bits per heavy atom. The average Bonchev–Trinajstić information content (AvgIpc) is 2.95. The van der Waals surface area contributed by atoms with Gasteiger partial charge in [-0.15, -0.1) is 0 Å². The molecule has 0 saturated heterocycles. The molecular formula is C18H18FN3O2. The summed E-state index contributed by atoms with van der Waals surface area (Å²) >= 11 is 0. The van der Waals surface area contributed by atoms with Crippen molar-refractivity contribution in [2.75, 3.05) is 6.61 Å². The molecule has 0 N–H and O–H groups in total. The van der Waals surface area contributed by atoms with Crippen LogP contribution in [0.4, 0.5) is 4.39 Å². The molecule has 6 heteroatoms. The highest BCUT2D eigenvalue weighted by Crippen LogP contribution is 2.21. The number of rotatable bonds is 4. The van der Waals surface area contributed by atoms with Gasteiger partial charge < -0.3 is 4.74 Å². The third-order valence-electron chi connectivity index (χ3n) is 3.97. The first-order valence-electron chi connectivity index (χ1n) is 7.76. The van der Waals surface area contributed by atoms with Gasteiger partial charge in [-0.2, -0.15) is 5.10 Å². The number of aromatic nitrogens is 3. The van der Waals surface area contributed by atoms with Gasteiger partial charge >= 0.3 is 5.97 Å². The van der Waals surface area contributed by atoms with Gasteiger partial charge in [0, 0.05) is 17.8 Å². The number of esters is 1. The highest BCUT2D eigenvalue weighted by Gasteiger charge is 2.19. The van der Waals surface area contributed by atoms with Crippen LogP contribution in [0.1, 0.15) is 39.8 Å². The van der Waals surface area contributed by atoms with Crippen LogP contribution in [0.3, 0.4) is 0 Å². The van der Waals surface area contributed by atoms with E-state index in [0.717, 1.165) is 22.5 Å². The van der Waals surface area contributed by atoms with Crippen molar-refractivity contribution >= 4 is 11.6 Å². The molecule has 0 spiro atoms. The lowest BCUT2D eigenvalue weighted by molar-refractivity contribution is 0.0528. The number of carbonyl (C=O) groups is 1. The first-order valence-corrected chi connectivity index (χ1v) is 7.76. The summed E-state index contributed by atoms with van der Waals surface area (Å²) < 4.78 is 20.1. The molecule has 5 nitrogen and oxygen atoms in total. The van der Waals surface area contributed by atoms with Gasteiger partial charge in [0.2, 0.25) is 0 Å². The predicted octanol–water partition coefficient (Wildman–Crippen LogP) is 3.25. The minimum Gasteiger partial charge on any atom is -0.462 e. The number of halogens is 1. The zero-order valence-electron chi connectivity index (χ0n) is 13.8. The molecule has 0 radical (unpaired) electrons. The molecule has 3 rings (SSSR count). The fourth-order valence-electron chi connectivity index (χ4n) is 2.77. The number of aryl methyl sites for hydroxylation is 2. The normalized spacial score (nSPS) is 11.0. The minimum absolute atomic E-state index is 0.263. The molecule has 0 atom stereocenters. The molecule has 0 aliphatic rings. The van der Waals surface area contributed by atoms with Crippen molar-refractivity contribution in [1.29, 1.82) is 0 Å². The third-order valence-corrected chi connectivity index (χ3v) is 3.97. The lowest BCUT2D eigenvalue weighted by Crippen LogP contribution is -2.09. The summed E-state index contributed by atoms with van der Waals surface area (Å²) in [7, 11) is 0. The molecule has 0 aliphatic heterocycles. The van der Waals surface area contributed by atoms with E-state index in [2.05, 4.69) is 10.1 Å². The topological polar surface area (TPSA) is 56.5 Å². The average molecular weight is 327 g/mol. The van der Waals surface area contributed by atoms with E-state index in [1.165, 1.54) is 18.3 Å². The molecule has 0 aliphatic carbocycles. The van der Waals surface area contributed by atoms with Crippen LogP contribution in [0, 0.1) is 19.7 Å². The number of carbonyl (C=O) groups excluding carboxylic acids is 1. The van der Waals surface area contributed by atoms with Gasteiger partial charge in [-0.25, -0.2) is 18.7 Å². The molecule has 0 amide bonds. The zero-order chi connectivity index (χ0) is 17.3. The maximum Gasteiger partial charge on any atom is 0.343 e. The van der Waals surface area contributed by atoms with E-state index >= 15 is 0 Å². The van der Waals surface area contributed by atoms with Crippen LogP contribution in [0.25, 0.3) is 5.65 Å². The van der Waals surface area contributed by atoms with Crippen LogP contribution in [0.2, 0.25) is 0 Å². The van der Waals surface area contributed by atoms with Crippen molar-refractivity contribution in [3.63, 3.8) is 0 Å². The van der Waals surface area contributed by atoms with Gasteiger partial charge in [-0.05, 0) is 44.0 Å². The summed E-state index contributed by atoms with van der Waals surface area (Å²) in [6.07, 6.45) is 2.02. The second-order valence-corrected chi connectivity index (χ2v) is 5.58. The molecule has 1 aromatic carbocycles. The summed E-state index contributed by atoms with van der Waals surface area (Å²) in [4.78, 5) is 16.5. The molecule has 0 bridgehead atoms. The van der Waals surface area contributed by atoms with Crippen molar-refractivity contribution in [2.24, 2.45) is 0 Å². The Balaban J connectivity index is 2.06. The quantitative estimate of drug-likeness (QED) is 0.690. The molecule has 2 heterocycles. The maximum atomic E-state index is 13.4. The van der Waals surface area contributed by atoms with E-state index in [0.29, 0.717) is 24.2 Å². The van der Waals surface area contributed by atoms with Crippen LogP contribution in [-0.4, -0.2) is 27.2 Å². The van der Waals surface area contributed by atoms with Gasteiger partial charge in [0.05, 0.1) is 12.8 Å². The largest absolute Gasteiger partial charge is 0.462 e. The highest BCUT2D eigenvalue weighted by atomic mass is 19.1. The van der Waals surface area contributed by atoms with Crippen LogP contribution < -0.4 is 0 Å². The Morgan fingerprint density at radius 3 is 2.83 bits per heavy atom. The molecule has 3 aromatic rings. The number of fused-ring (bicyclic) bond motifs is 1. The van der Waals surface area contributed by atoms with Crippen molar-refractivity contribution in [2.45, 2.75) is 27.2 Å². The van der Waals surface area contributed by atoms with E-state index < -0.39 is 5.97 Å². The fourth-order valence-corrected chi connectivity index (χ4v) is 2.77. The molecule has 0 saturated carbocycles. The van der Waals surface area contributed by atoms with Crippen molar-refractivity contribution in [1.82, 2.24) is 14.6 Å². The number of nitrogens with zero attached hydrogens (tertiary/aromatic N) is 3. The Kier molecular flexibility index (Phi) is 4.29. The van der Waals surface area contributed by atoms with E-state index in [9.17, 15) is 9.18 Å². The summed E-state index contributed by atoms with van der Waals surface area (Å²) in [6.45, 7) is 5.85. The molecule has 24 heavy (non-hydrogen) atoms. The second kappa shape index (κ2) is 6.39. The predicted molar refractivity (Wildman–Crippen MR) is 87.6 cm³/mol. The van der Waals surface area contributed by atoms with Crippen molar-refractivity contribution in [3.05, 3.63) is 64.4 Å². The van der Waals surface area contributed by atoms with Crippen LogP contribution in [0.5, 0.6) is 0 Å². The van der Waals surface area contributed by atoms with Crippen LogP contribution in [0.15, 0.2) is 30.5 Å². The highest BCUT2D eigenvalue weighted by molar-refractivity contribution is 5.95.